The van der Waals surface area contributed by atoms with E-state index in [0.29, 0.717) is 17.5 Å². The summed E-state index contributed by atoms with van der Waals surface area (Å²) in [4.78, 5) is 14.8. The highest BCUT2D eigenvalue weighted by Gasteiger charge is 2.45. The number of aromatic nitrogens is 3. The minimum atomic E-state index is -0.00954. The zero-order chi connectivity index (χ0) is 33.8. The zero-order valence-corrected chi connectivity index (χ0v) is 28.7. The SMILES string of the molecule is CC1=C=CC(c2nc(-c3ccccc3)nc(-c3ccccc3)n2)=CC1c1cccc(-c2ccc3c(c2)-c2ccccc2C(C)(C)C3(C)C)c1. The van der Waals surface area contributed by atoms with E-state index < -0.39 is 0 Å². The van der Waals surface area contributed by atoms with Gasteiger partial charge in [-0.15, -0.1) is 5.73 Å². The second-order valence-electron chi connectivity index (χ2n) is 14.3. The van der Waals surface area contributed by atoms with E-state index in [1.807, 2.05) is 66.7 Å². The Morgan fingerprint density at radius 3 is 1.73 bits per heavy atom. The summed E-state index contributed by atoms with van der Waals surface area (Å²) in [6.07, 6.45) is 4.29. The number of hydrogen-bond acceptors (Lipinski definition) is 3. The highest BCUT2D eigenvalue weighted by atomic mass is 15.0. The average Bonchev–Trinajstić information content (AvgIpc) is 3.15. The molecule has 0 saturated heterocycles. The lowest BCUT2D eigenvalue weighted by Crippen LogP contribution is -2.43. The third-order valence-corrected chi connectivity index (χ3v) is 11.0. The van der Waals surface area contributed by atoms with Crippen LogP contribution in [0.4, 0.5) is 0 Å². The smallest absolute Gasteiger partial charge is 0.164 e. The number of benzene rings is 5. The van der Waals surface area contributed by atoms with Gasteiger partial charge in [0, 0.05) is 22.6 Å². The fraction of sp³-hybridized carbons (Fsp3) is 0.174. The molecule has 49 heavy (non-hydrogen) atoms. The van der Waals surface area contributed by atoms with Crippen molar-refractivity contribution in [2.45, 2.75) is 51.4 Å². The molecule has 1 heterocycles. The average molecular weight is 634 g/mol. The Morgan fingerprint density at radius 1 is 0.510 bits per heavy atom. The molecule has 0 amide bonds. The molecule has 0 saturated carbocycles. The molecule has 2 aliphatic carbocycles. The molecule has 3 heteroatoms. The largest absolute Gasteiger partial charge is 0.208 e. The van der Waals surface area contributed by atoms with Gasteiger partial charge in [-0.1, -0.05) is 155 Å². The van der Waals surface area contributed by atoms with Gasteiger partial charge in [-0.2, -0.15) is 0 Å². The van der Waals surface area contributed by atoms with Crippen LogP contribution < -0.4 is 0 Å². The maximum Gasteiger partial charge on any atom is 0.164 e. The summed E-state index contributed by atoms with van der Waals surface area (Å²) in [6.45, 7) is 11.7. The van der Waals surface area contributed by atoms with E-state index >= 15 is 0 Å². The van der Waals surface area contributed by atoms with Crippen LogP contribution in [0, 0.1) is 0 Å². The van der Waals surface area contributed by atoms with Gasteiger partial charge in [-0.3, -0.25) is 0 Å². The molecule has 5 aromatic carbocycles. The number of rotatable bonds is 5. The molecule has 0 bridgehead atoms. The normalized spacial score (nSPS) is 17.0. The predicted molar refractivity (Wildman–Crippen MR) is 202 cm³/mol. The van der Waals surface area contributed by atoms with Gasteiger partial charge in [0.05, 0.1) is 0 Å². The van der Waals surface area contributed by atoms with Crippen molar-refractivity contribution in [2.24, 2.45) is 0 Å². The Bertz CT molecular complexity index is 2260. The summed E-state index contributed by atoms with van der Waals surface area (Å²) in [6, 6.07) is 45.2. The summed E-state index contributed by atoms with van der Waals surface area (Å²) >= 11 is 0. The van der Waals surface area contributed by atoms with Crippen LogP contribution in [0.25, 0.3) is 50.6 Å². The summed E-state index contributed by atoms with van der Waals surface area (Å²) in [5, 5.41) is 0. The van der Waals surface area contributed by atoms with Crippen LogP contribution >= 0.6 is 0 Å². The van der Waals surface area contributed by atoms with Gasteiger partial charge in [-0.25, -0.2) is 15.0 Å². The molecular formula is C46H39N3. The number of hydrogen-bond donors (Lipinski definition) is 0. The first-order valence-corrected chi connectivity index (χ1v) is 17.1. The molecule has 0 fully saturated rings. The Balaban J connectivity index is 1.19. The van der Waals surface area contributed by atoms with Crippen molar-refractivity contribution in [3.05, 3.63) is 173 Å². The van der Waals surface area contributed by atoms with Gasteiger partial charge in [0.15, 0.2) is 17.5 Å². The van der Waals surface area contributed by atoms with Crippen molar-refractivity contribution in [1.82, 2.24) is 15.0 Å². The third-order valence-electron chi connectivity index (χ3n) is 11.0. The van der Waals surface area contributed by atoms with E-state index in [0.717, 1.165) is 22.3 Å². The van der Waals surface area contributed by atoms with E-state index in [2.05, 4.69) is 113 Å². The van der Waals surface area contributed by atoms with Gasteiger partial charge in [0.25, 0.3) is 0 Å². The first-order chi connectivity index (χ1) is 23.7. The molecule has 0 radical (unpaired) electrons. The molecule has 1 atom stereocenters. The van der Waals surface area contributed by atoms with Crippen LogP contribution in [-0.2, 0) is 10.8 Å². The second-order valence-corrected chi connectivity index (χ2v) is 14.3. The second kappa shape index (κ2) is 11.8. The number of fused-ring (bicyclic) bond motifs is 3. The molecular weight excluding hydrogens is 595 g/mol. The lowest BCUT2D eigenvalue weighted by atomic mass is 9.55. The Hall–Kier alpha value is -5.63. The van der Waals surface area contributed by atoms with Crippen LogP contribution in [-0.4, -0.2) is 15.0 Å². The molecule has 3 nitrogen and oxygen atoms in total. The summed E-state index contributed by atoms with van der Waals surface area (Å²) in [7, 11) is 0. The van der Waals surface area contributed by atoms with E-state index in [1.54, 1.807) is 0 Å². The molecule has 1 aromatic heterocycles. The minimum absolute atomic E-state index is 0.00954. The van der Waals surface area contributed by atoms with Gasteiger partial charge >= 0.3 is 0 Å². The Morgan fingerprint density at radius 2 is 1.06 bits per heavy atom. The molecule has 238 valence electrons. The predicted octanol–water partition coefficient (Wildman–Crippen LogP) is 11.4. The molecule has 1 unspecified atom stereocenters. The van der Waals surface area contributed by atoms with Crippen LogP contribution in [0.3, 0.4) is 0 Å². The molecule has 2 aliphatic rings. The van der Waals surface area contributed by atoms with Crippen LogP contribution in [0.1, 0.15) is 63.1 Å². The fourth-order valence-corrected chi connectivity index (χ4v) is 7.40. The molecule has 8 rings (SSSR count). The first-order valence-electron chi connectivity index (χ1n) is 17.1. The van der Waals surface area contributed by atoms with Crippen LogP contribution in [0.15, 0.2) is 151 Å². The van der Waals surface area contributed by atoms with E-state index in [-0.39, 0.29) is 16.7 Å². The lowest BCUT2D eigenvalue weighted by Gasteiger charge is -2.48. The standard InChI is InChI=1S/C46H39N3/c1-30-23-24-36(44-48-42(31-15-8-6-9-16-31)47-43(49-44)32-17-10-7-11-18-32)29-38(30)35-20-14-19-33(27-35)34-25-26-41-39(28-34)37-21-12-13-22-40(37)45(2,3)46(41,4)5/h6-22,24-29,38H,1-5H3. The Kier molecular flexibility index (Phi) is 7.39. The maximum atomic E-state index is 4.98. The van der Waals surface area contributed by atoms with Crippen molar-refractivity contribution in [3.63, 3.8) is 0 Å². The molecule has 0 aliphatic heterocycles. The summed E-state index contributed by atoms with van der Waals surface area (Å²) in [5.41, 5.74) is 16.7. The summed E-state index contributed by atoms with van der Waals surface area (Å²) < 4.78 is 0. The minimum Gasteiger partial charge on any atom is -0.208 e. The van der Waals surface area contributed by atoms with Crippen molar-refractivity contribution in [2.75, 3.05) is 0 Å². The quantitative estimate of drug-likeness (QED) is 0.177. The maximum absolute atomic E-state index is 4.98. The van der Waals surface area contributed by atoms with Crippen molar-refractivity contribution < 1.29 is 0 Å². The third kappa shape index (κ3) is 5.28. The monoisotopic (exact) mass is 633 g/mol. The van der Waals surface area contributed by atoms with Gasteiger partial charge in [-0.05, 0) is 74.4 Å². The lowest BCUT2D eigenvalue weighted by molar-refractivity contribution is 0.299. The first kappa shape index (κ1) is 30.7. The van der Waals surface area contributed by atoms with Gasteiger partial charge in [0.2, 0.25) is 0 Å². The van der Waals surface area contributed by atoms with Gasteiger partial charge in [0.1, 0.15) is 0 Å². The summed E-state index contributed by atoms with van der Waals surface area (Å²) in [5.74, 6) is 2.00. The van der Waals surface area contributed by atoms with Gasteiger partial charge < -0.3 is 0 Å². The highest BCUT2D eigenvalue weighted by molar-refractivity contribution is 5.82. The van der Waals surface area contributed by atoms with Crippen molar-refractivity contribution >= 4 is 5.57 Å². The van der Waals surface area contributed by atoms with E-state index in [4.69, 9.17) is 15.0 Å². The van der Waals surface area contributed by atoms with Crippen LogP contribution in [0.2, 0.25) is 0 Å². The highest BCUT2D eigenvalue weighted by Crippen LogP contribution is 2.54. The number of nitrogens with zero attached hydrogens (tertiary/aromatic N) is 3. The fourth-order valence-electron chi connectivity index (χ4n) is 7.40. The van der Waals surface area contributed by atoms with Crippen LogP contribution in [0.5, 0.6) is 0 Å². The van der Waals surface area contributed by atoms with Crippen molar-refractivity contribution in [1.29, 1.82) is 0 Å². The Labute approximate surface area is 289 Å². The molecule has 0 N–H and O–H groups in total. The molecule has 6 aromatic rings. The van der Waals surface area contributed by atoms with E-state index in [9.17, 15) is 0 Å². The van der Waals surface area contributed by atoms with E-state index in [1.165, 1.54) is 38.9 Å². The topological polar surface area (TPSA) is 38.7 Å². The number of allylic oxidation sites excluding steroid dienone is 3. The molecule has 0 spiro atoms. The zero-order valence-electron chi connectivity index (χ0n) is 28.7. The van der Waals surface area contributed by atoms with Crippen molar-refractivity contribution in [3.8, 4) is 45.0 Å².